The van der Waals surface area contributed by atoms with Crippen LogP contribution in [0.25, 0.3) is 5.57 Å². The minimum absolute atomic E-state index is 0.0349. The van der Waals surface area contributed by atoms with E-state index in [1.54, 1.807) is 6.92 Å². The molecule has 1 aliphatic carbocycles. The largest absolute Gasteiger partial charge is 0.494 e. The van der Waals surface area contributed by atoms with Crippen LogP contribution in [0.1, 0.15) is 56.6 Å². The summed E-state index contributed by atoms with van der Waals surface area (Å²) in [5.74, 6) is -0.742. The van der Waals surface area contributed by atoms with Gasteiger partial charge in [0.05, 0.1) is 7.11 Å². The van der Waals surface area contributed by atoms with E-state index in [2.05, 4.69) is 13.5 Å². The molecule has 1 aromatic carbocycles. The van der Waals surface area contributed by atoms with Crippen molar-refractivity contribution in [2.45, 2.75) is 45.4 Å². The van der Waals surface area contributed by atoms with Crippen LogP contribution in [0.2, 0.25) is 0 Å². The third-order valence-corrected chi connectivity index (χ3v) is 4.90. The molecule has 0 N–H and O–H groups in total. The molecule has 0 saturated heterocycles. The quantitative estimate of drug-likeness (QED) is 0.431. The number of halogens is 2. The zero-order chi connectivity index (χ0) is 17.7. The molecule has 0 aliphatic heterocycles. The van der Waals surface area contributed by atoms with Gasteiger partial charge in [0.15, 0.2) is 11.6 Å². The van der Waals surface area contributed by atoms with Gasteiger partial charge >= 0.3 is 0 Å². The Labute approximate surface area is 143 Å². The van der Waals surface area contributed by atoms with Gasteiger partial charge < -0.3 is 4.74 Å². The molecule has 0 radical (unpaired) electrons. The summed E-state index contributed by atoms with van der Waals surface area (Å²) in [6.07, 6.45) is 6.29. The molecule has 0 unspecified atom stereocenters. The third-order valence-electron chi connectivity index (χ3n) is 4.90. The first-order valence-electron chi connectivity index (χ1n) is 8.53. The number of hydrogen-bond donors (Lipinski definition) is 0. The lowest BCUT2D eigenvalue weighted by molar-refractivity contribution is 0.278. The van der Waals surface area contributed by atoms with Crippen molar-refractivity contribution in [3.8, 4) is 0 Å². The summed E-state index contributed by atoms with van der Waals surface area (Å²) in [4.78, 5) is 0. The third kappa shape index (κ3) is 4.14. The number of allylic oxidation sites excluding steroid dienone is 4. The van der Waals surface area contributed by atoms with Crippen molar-refractivity contribution in [1.29, 1.82) is 0 Å². The highest BCUT2D eigenvalue weighted by molar-refractivity contribution is 5.76. The standard InChI is InChI=1S/C21H26F2O/c1-5-19(24-4)21(23)20(22)15(3)16-10-12-18(13-11-16)17-8-6-14(2)7-9-17/h5,10-14,17H,3,6-9H2,1-2,4H3. The molecular formula is C21H26F2O. The molecule has 24 heavy (non-hydrogen) atoms. The lowest BCUT2D eigenvalue weighted by atomic mass is 9.79. The summed E-state index contributed by atoms with van der Waals surface area (Å²) >= 11 is 0. The first-order chi connectivity index (χ1) is 11.5. The molecule has 1 aliphatic rings. The highest BCUT2D eigenvalue weighted by atomic mass is 19.2. The highest BCUT2D eigenvalue weighted by Gasteiger charge is 2.20. The van der Waals surface area contributed by atoms with Gasteiger partial charge in [0.25, 0.3) is 0 Å². The van der Waals surface area contributed by atoms with Crippen LogP contribution >= 0.6 is 0 Å². The predicted molar refractivity (Wildman–Crippen MR) is 95.9 cm³/mol. The first-order valence-corrected chi connectivity index (χ1v) is 8.53. The maximum Gasteiger partial charge on any atom is 0.200 e. The van der Waals surface area contributed by atoms with Gasteiger partial charge in [0.2, 0.25) is 5.83 Å². The second-order valence-electron chi connectivity index (χ2n) is 6.54. The normalized spacial score (nSPS) is 22.8. The van der Waals surface area contributed by atoms with E-state index in [1.807, 2.05) is 24.3 Å². The Morgan fingerprint density at radius 1 is 1.08 bits per heavy atom. The molecule has 0 spiro atoms. The van der Waals surface area contributed by atoms with E-state index in [1.165, 1.54) is 44.4 Å². The highest BCUT2D eigenvalue weighted by Crippen LogP contribution is 2.36. The average Bonchev–Trinajstić information content (AvgIpc) is 2.62. The Bertz CT molecular complexity index is 632. The van der Waals surface area contributed by atoms with E-state index in [0.29, 0.717) is 11.5 Å². The van der Waals surface area contributed by atoms with Crippen LogP contribution in [0, 0.1) is 5.92 Å². The molecule has 1 fully saturated rings. The van der Waals surface area contributed by atoms with Gasteiger partial charge in [-0.2, -0.15) is 4.39 Å². The topological polar surface area (TPSA) is 9.23 Å². The molecule has 2 rings (SSSR count). The fraction of sp³-hybridized carbons (Fsp3) is 0.429. The number of ether oxygens (including phenoxy) is 1. The minimum Gasteiger partial charge on any atom is -0.494 e. The Morgan fingerprint density at radius 3 is 2.17 bits per heavy atom. The van der Waals surface area contributed by atoms with Gasteiger partial charge in [-0.1, -0.05) is 50.6 Å². The molecule has 1 nitrogen and oxygen atoms in total. The van der Waals surface area contributed by atoms with Gasteiger partial charge in [0.1, 0.15) is 0 Å². The predicted octanol–water partition coefficient (Wildman–Crippen LogP) is 6.69. The van der Waals surface area contributed by atoms with E-state index < -0.39 is 11.7 Å². The van der Waals surface area contributed by atoms with Crippen LogP contribution in [-0.4, -0.2) is 7.11 Å². The van der Waals surface area contributed by atoms with Crippen LogP contribution in [0.3, 0.4) is 0 Å². The molecule has 0 amide bonds. The van der Waals surface area contributed by atoms with Crippen LogP contribution in [-0.2, 0) is 4.74 Å². The lowest BCUT2D eigenvalue weighted by Gasteiger charge is -2.26. The fourth-order valence-electron chi connectivity index (χ4n) is 3.25. The molecule has 0 bridgehead atoms. The minimum atomic E-state index is -1.02. The molecule has 1 saturated carbocycles. The number of hydrogen-bond acceptors (Lipinski definition) is 1. The van der Waals surface area contributed by atoms with Crippen molar-refractivity contribution in [1.82, 2.24) is 0 Å². The van der Waals surface area contributed by atoms with Crippen LogP contribution in [0.5, 0.6) is 0 Å². The van der Waals surface area contributed by atoms with Crippen LogP contribution < -0.4 is 0 Å². The van der Waals surface area contributed by atoms with Gasteiger partial charge in [-0.15, -0.1) is 0 Å². The van der Waals surface area contributed by atoms with Crippen molar-refractivity contribution in [3.63, 3.8) is 0 Å². The molecule has 1 aromatic rings. The van der Waals surface area contributed by atoms with Gasteiger partial charge in [-0.3, -0.25) is 0 Å². The zero-order valence-electron chi connectivity index (χ0n) is 14.7. The van der Waals surface area contributed by atoms with Crippen LogP contribution in [0.15, 0.2) is 54.3 Å². The molecule has 0 aromatic heterocycles. The fourth-order valence-corrected chi connectivity index (χ4v) is 3.25. The second kappa shape index (κ2) is 8.27. The van der Waals surface area contributed by atoms with Crippen molar-refractivity contribution in [2.24, 2.45) is 5.92 Å². The Hall–Kier alpha value is -1.90. The summed E-state index contributed by atoms with van der Waals surface area (Å²) in [7, 11) is 1.31. The van der Waals surface area contributed by atoms with Gasteiger partial charge in [-0.05, 0) is 48.8 Å². The second-order valence-corrected chi connectivity index (χ2v) is 6.54. The van der Waals surface area contributed by atoms with Crippen molar-refractivity contribution in [2.75, 3.05) is 7.11 Å². The first kappa shape index (κ1) is 18.4. The molecule has 3 heteroatoms. The van der Waals surface area contributed by atoms with E-state index in [-0.39, 0.29) is 11.3 Å². The van der Waals surface area contributed by atoms with Crippen molar-refractivity contribution < 1.29 is 13.5 Å². The smallest absolute Gasteiger partial charge is 0.200 e. The van der Waals surface area contributed by atoms with Crippen LogP contribution in [0.4, 0.5) is 8.78 Å². The number of rotatable bonds is 5. The Kier molecular flexibility index (Phi) is 6.36. The number of benzene rings is 1. The average molecular weight is 332 g/mol. The summed E-state index contributed by atoms with van der Waals surface area (Å²) in [5, 5.41) is 0. The Morgan fingerprint density at radius 2 is 1.67 bits per heavy atom. The van der Waals surface area contributed by atoms with Gasteiger partial charge in [0, 0.05) is 5.57 Å². The molecular weight excluding hydrogens is 306 g/mol. The van der Waals surface area contributed by atoms with E-state index in [0.717, 1.165) is 5.92 Å². The maximum absolute atomic E-state index is 14.3. The SMILES string of the molecule is C=C(C(F)=C(F)C(=CC)OC)c1ccc(C2CCC(C)CC2)cc1. The monoisotopic (exact) mass is 332 g/mol. The molecule has 130 valence electrons. The Balaban J connectivity index is 2.15. The van der Waals surface area contributed by atoms with E-state index in [9.17, 15) is 8.78 Å². The van der Waals surface area contributed by atoms with E-state index >= 15 is 0 Å². The zero-order valence-corrected chi connectivity index (χ0v) is 14.7. The molecule has 0 heterocycles. The molecule has 0 atom stereocenters. The van der Waals surface area contributed by atoms with Gasteiger partial charge in [-0.25, -0.2) is 4.39 Å². The van der Waals surface area contributed by atoms with Crippen molar-refractivity contribution in [3.05, 3.63) is 65.5 Å². The van der Waals surface area contributed by atoms with E-state index in [4.69, 9.17) is 4.74 Å². The summed E-state index contributed by atoms with van der Waals surface area (Å²) in [5.41, 5.74) is 1.89. The maximum atomic E-state index is 14.3. The summed E-state index contributed by atoms with van der Waals surface area (Å²) in [6.45, 7) is 7.58. The summed E-state index contributed by atoms with van der Waals surface area (Å²) < 4.78 is 33.2. The summed E-state index contributed by atoms with van der Waals surface area (Å²) in [6, 6.07) is 7.67. The van der Waals surface area contributed by atoms with Crippen molar-refractivity contribution >= 4 is 5.57 Å². The lowest BCUT2D eigenvalue weighted by Crippen LogP contribution is -2.10. The number of methoxy groups -OCH3 is 1.